The van der Waals surface area contributed by atoms with Gasteiger partial charge in [-0.2, -0.15) is 5.10 Å². The van der Waals surface area contributed by atoms with Crippen LogP contribution in [-0.2, 0) is 14.8 Å². The van der Waals surface area contributed by atoms with Gasteiger partial charge in [0.1, 0.15) is 6.54 Å². The lowest BCUT2D eigenvalue weighted by atomic mass is 10.2. The Kier molecular flexibility index (Phi) is 7.57. The fourth-order valence-corrected chi connectivity index (χ4v) is 4.68. The van der Waals surface area contributed by atoms with Crippen LogP contribution in [0, 0.1) is 6.92 Å². The third-order valence-corrected chi connectivity index (χ3v) is 6.71. The minimum absolute atomic E-state index is 0.0296. The number of anilines is 1. The van der Waals surface area contributed by atoms with Gasteiger partial charge in [-0.3, -0.25) is 9.10 Å². The van der Waals surface area contributed by atoms with Crippen molar-refractivity contribution < 1.29 is 23.1 Å². The van der Waals surface area contributed by atoms with Crippen LogP contribution in [0.1, 0.15) is 11.1 Å². The number of para-hydroxylation sites is 1. The maximum Gasteiger partial charge on any atom is 0.264 e. The number of sulfonamides is 1. The van der Waals surface area contributed by atoms with Crippen LogP contribution in [0.2, 0.25) is 5.02 Å². The Morgan fingerprint density at radius 1 is 1.15 bits per heavy atom. The minimum Gasteiger partial charge on any atom is -0.504 e. The number of hydrogen-bond acceptors (Lipinski definition) is 6. The van der Waals surface area contributed by atoms with Gasteiger partial charge in [0.15, 0.2) is 11.5 Å². The first kappa shape index (κ1) is 24.1. The van der Waals surface area contributed by atoms with E-state index in [2.05, 4.69) is 10.5 Å². The molecule has 3 rings (SSSR count). The fraction of sp³-hybridized carbons (Fsp3) is 0.130. The van der Waals surface area contributed by atoms with Gasteiger partial charge in [-0.1, -0.05) is 41.9 Å². The van der Waals surface area contributed by atoms with E-state index < -0.39 is 22.5 Å². The number of aryl methyl sites for hydroxylation is 1. The van der Waals surface area contributed by atoms with Crippen LogP contribution < -0.4 is 14.5 Å². The number of ether oxygens (including phenoxy) is 1. The highest BCUT2D eigenvalue weighted by atomic mass is 35.5. The van der Waals surface area contributed by atoms with Crippen molar-refractivity contribution >= 4 is 39.4 Å². The van der Waals surface area contributed by atoms with E-state index in [9.17, 15) is 18.3 Å². The normalized spacial score (nSPS) is 11.4. The lowest BCUT2D eigenvalue weighted by Crippen LogP contribution is -2.40. The van der Waals surface area contributed by atoms with E-state index in [-0.39, 0.29) is 22.1 Å². The number of phenolic OH excluding ortho intramolecular Hbond substituents is 1. The average molecular weight is 488 g/mol. The monoisotopic (exact) mass is 487 g/mol. The third-order valence-electron chi connectivity index (χ3n) is 4.70. The second-order valence-corrected chi connectivity index (χ2v) is 9.25. The van der Waals surface area contributed by atoms with Crippen LogP contribution in [0.5, 0.6) is 11.5 Å². The number of amides is 1. The number of hydrogen-bond donors (Lipinski definition) is 2. The smallest absolute Gasteiger partial charge is 0.264 e. The molecule has 33 heavy (non-hydrogen) atoms. The zero-order valence-corrected chi connectivity index (χ0v) is 19.5. The summed E-state index contributed by atoms with van der Waals surface area (Å²) in [6, 6.07) is 17.4. The maximum absolute atomic E-state index is 13.4. The molecule has 0 heterocycles. The quantitative estimate of drug-likeness (QED) is 0.372. The van der Waals surface area contributed by atoms with Crippen molar-refractivity contribution in [1.29, 1.82) is 0 Å². The average Bonchev–Trinajstić information content (AvgIpc) is 2.81. The van der Waals surface area contributed by atoms with Gasteiger partial charge in [-0.25, -0.2) is 13.8 Å². The van der Waals surface area contributed by atoms with Crippen molar-refractivity contribution in [3.63, 3.8) is 0 Å². The van der Waals surface area contributed by atoms with Crippen molar-refractivity contribution in [3.05, 3.63) is 82.9 Å². The van der Waals surface area contributed by atoms with E-state index in [1.165, 1.54) is 31.5 Å². The lowest BCUT2D eigenvalue weighted by Gasteiger charge is -2.25. The summed E-state index contributed by atoms with van der Waals surface area (Å²) < 4.78 is 32.7. The summed E-state index contributed by atoms with van der Waals surface area (Å²) in [7, 11) is -2.66. The third kappa shape index (κ3) is 5.63. The molecular formula is C23H22ClN3O5S. The topological polar surface area (TPSA) is 108 Å². The molecule has 0 aliphatic rings. The highest BCUT2D eigenvalue weighted by molar-refractivity contribution is 7.92. The molecule has 0 unspecified atom stereocenters. The Bertz CT molecular complexity index is 1280. The number of carbonyl (C=O) groups excluding carboxylic acids is 1. The predicted molar refractivity (Wildman–Crippen MR) is 128 cm³/mol. The van der Waals surface area contributed by atoms with Crippen molar-refractivity contribution in [3.8, 4) is 11.5 Å². The van der Waals surface area contributed by atoms with Crippen molar-refractivity contribution in [1.82, 2.24) is 5.43 Å². The molecule has 3 aromatic carbocycles. The fourth-order valence-electron chi connectivity index (χ4n) is 3.02. The van der Waals surface area contributed by atoms with E-state index in [0.29, 0.717) is 16.1 Å². The van der Waals surface area contributed by atoms with E-state index in [1.54, 1.807) is 55.5 Å². The summed E-state index contributed by atoms with van der Waals surface area (Å²) in [5.41, 5.74) is 3.50. The number of benzene rings is 3. The van der Waals surface area contributed by atoms with Gasteiger partial charge in [0.25, 0.3) is 15.9 Å². The summed E-state index contributed by atoms with van der Waals surface area (Å²) in [6.07, 6.45) is 1.23. The maximum atomic E-state index is 13.4. The Labute approximate surface area is 197 Å². The van der Waals surface area contributed by atoms with Crippen molar-refractivity contribution in [2.45, 2.75) is 11.8 Å². The molecule has 0 saturated carbocycles. The second-order valence-electron chi connectivity index (χ2n) is 6.95. The van der Waals surface area contributed by atoms with Gasteiger partial charge in [-0.05, 0) is 48.9 Å². The molecule has 1 amide bonds. The van der Waals surface area contributed by atoms with Gasteiger partial charge in [0.2, 0.25) is 0 Å². The molecule has 0 aliphatic heterocycles. The van der Waals surface area contributed by atoms with Gasteiger partial charge in [-0.15, -0.1) is 0 Å². The standard InChI is InChI=1S/C23H22ClN3O5S/c1-16-11-12-18(24)13-20(16)27(33(30,31)19-8-4-3-5-9-19)15-22(28)26-25-14-17-7-6-10-21(32-2)23(17)29/h3-14,29H,15H2,1-2H3,(H,26,28)/b25-14-. The number of phenols is 1. The summed E-state index contributed by atoms with van der Waals surface area (Å²) >= 11 is 6.11. The Hall–Kier alpha value is -3.56. The zero-order chi connectivity index (χ0) is 24.0. The van der Waals surface area contributed by atoms with Gasteiger partial charge in [0, 0.05) is 10.6 Å². The molecule has 0 spiro atoms. The molecule has 0 aliphatic carbocycles. The molecule has 0 bridgehead atoms. The first-order chi connectivity index (χ1) is 15.7. The Balaban J connectivity index is 1.88. The molecule has 8 nitrogen and oxygen atoms in total. The highest BCUT2D eigenvalue weighted by Gasteiger charge is 2.28. The molecule has 3 aromatic rings. The first-order valence-electron chi connectivity index (χ1n) is 9.76. The van der Waals surface area contributed by atoms with Crippen molar-refractivity contribution in [2.24, 2.45) is 5.10 Å². The number of methoxy groups -OCH3 is 1. The van der Waals surface area contributed by atoms with E-state index >= 15 is 0 Å². The number of carbonyl (C=O) groups is 1. The van der Waals surface area contributed by atoms with Crippen LogP contribution in [-0.4, -0.2) is 39.3 Å². The molecule has 0 radical (unpaired) electrons. The van der Waals surface area contributed by atoms with Crippen LogP contribution in [0.25, 0.3) is 0 Å². The Morgan fingerprint density at radius 2 is 1.88 bits per heavy atom. The number of nitrogens with zero attached hydrogens (tertiary/aromatic N) is 2. The number of hydrazone groups is 1. The molecule has 0 saturated heterocycles. The molecular weight excluding hydrogens is 466 g/mol. The summed E-state index contributed by atoms with van der Waals surface area (Å²) in [5.74, 6) is -0.574. The number of rotatable bonds is 8. The summed E-state index contributed by atoms with van der Waals surface area (Å²) in [6.45, 7) is 1.18. The molecule has 172 valence electrons. The van der Waals surface area contributed by atoms with Gasteiger partial charge in [0.05, 0.1) is 23.9 Å². The summed E-state index contributed by atoms with van der Waals surface area (Å²) in [4.78, 5) is 12.7. The largest absolute Gasteiger partial charge is 0.504 e. The second kappa shape index (κ2) is 10.4. The highest BCUT2D eigenvalue weighted by Crippen LogP contribution is 2.30. The first-order valence-corrected chi connectivity index (χ1v) is 11.6. The van der Waals surface area contributed by atoms with Crippen LogP contribution >= 0.6 is 11.6 Å². The summed E-state index contributed by atoms with van der Waals surface area (Å²) in [5, 5.41) is 14.3. The molecule has 0 atom stereocenters. The van der Waals surface area contributed by atoms with Crippen LogP contribution in [0.15, 0.2) is 76.7 Å². The van der Waals surface area contributed by atoms with E-state index in [4.69, 9.17) is 16.3 Å². The molecule has 0 aromatic heterocycles. The van der Waals surface area contributed by atoms with Gasteiger partial charge < -0.3 is 9.84 Å². The zero-order valence-electron chi connectivity index (χ0n) is 17.9. The van der Waals surface area contributed by atoms with Crippen LogP contribution in [0.4, 0.5) is 5.69 Å². The number of aromatic hydroxyl groups is 1. The van der Waals surface area contributed by atoms with E-state index in [0.717, 1.165) is 4.31 Å². The Morgan fingerprint density at radius 3 is 2.58 bits per heavy atom. The number of halogens is 1. The number of nitrogens with one attached hydrogen (secondary N) is 1. The molecule has 2 N–H and O–H groups in total. The van der Waals surface area contributed by atoms with Crippen LogP contribution in [0.3, 0.4) is 0 Å². The minimum atomic E-state index is -4.08. The molecule has 0 fully saturated rings. The van der Waals surface area contributed by atoms with Gasteiger partial charge >= 0.3 is 0 Å². The van der Waals surface area contributed by atoms with Crippen molar-refractivity contribution in [2.75, 3.05) is 18.0 Å². The predicted octanol–water partition coefficient (Wildman–Crippen LogP) is 3.71. The SMILES string of the molecule is COc1cccc(/C=N\NC(=O)CN(c2cc(Cl)ccc2C)S(=O)(=O)c2ccccc2)c1O. The lowest BCUT2D eigenvalue weighted by molar-refractivity contribution is -0.119. The molecule has 10 heteroatoms. The van der Waals surface area contributed by atoms with E-state index in [1.807, 2.05) is 0 Å².